The molecular formula is C19H21NO. The second-order valence-electron chi connectivity index (χ2n) is 5.51. The van der Waals surface area contributed by atoms with E-state index >= 15 is 0 Å². The molecule has 0 N–H and O–H groups in total. The molecule has 0 fully saturated rings. The molecular weight excluding hydrogens is 258 g/mol. The lowest BCUT2D eigenvalue weighted by molar-refractivity contribution is -0.420. The fraction of sp³-hybridized carbons (Fsp3) is 0.211. The van der Waals surface area contributed by atoms with E-state index in [-0.39, 0.29) is 0 Å². The zero-order chi connectivity index (χ0) is 15.3. The maximum absolute atomic E-state index is 11.8. The average Bonchev–Trinajstić information content (AvgIpc) is 2.47. The summed E-state index contributed by atoms with van der Waals surface area (Å²) in [5.74, 6) is 0. The topological polar surface area (TPSA) is 26.1 Å². The molecule has 0 radical (unpaired) electrons. The van der Waals surface area contributed by atoms with Crippen LogP contribution in [0.2, 0.25) is 0 Å². The minimum atomic E-state index is -0.481. The van der Waals surface area contributed by atoms with Gasteiger partial charge in [0.2, 0.25) is 0 Å². The van der Waals surface area contributed by atoms with Gasteiger partial charge in [0.05, 0.1) is 0 Å². The molecule has 2 aromatic rings. The lowest BCUT2D eigenvalue weighted by atomic mass is 9.71. The first-order valence-corrected chi connectivity index (χ1v) is 7.06. The Balaban J connectivity index is 2.71. The van der Waals surface area contributed by atoms with E-state index in [0.717, 1.165) is 21.4 Å². The van der Waals surface area contributed by atoms with Crippen molar-refractivity contribution in [1.29, 1.82) is 0 Å². The summed E-state index contributed by atoms with van der Waals surface area (Å²) in [4.78, 5) is 0. The van der Waals surface area contributed by atoms with Crippen molar-refractivity contribution in [2.24, 2.45) is 0 Å². The van der Waals surface area contributed by atoms with E-state index in [1.807, 2.05) is 43.3 Å². The monoisotopic (exact) mass is 279 g/mol. The third-order valence-electron chi connectivity index (χ3n) is 3.56. The molecule has 0 atom stereocenters. The van der Waals surface area contributed by atoms with Gasteiger partial charge in [0.25, 0.3) is 0 Å². The van der Waals surface area contributed by atoms with Gasteiger partial charge < -0.3 is 5.21 Å². The number of hydroxylamine groups is 1. The van der Waals surface area contributed by atoms with Crippen LogP contribution in [0.5, 0.6) is 0 Å². The van der Waals surface area contributed by atoms with E-state index in [0.29, 0.717) is 6.42 Å². The molecule has 0 aliphatic heterocycles. The summed E-state index contributed by atoms with van der Waals surface area (Å²) in [5, 5.41) is 11.8. The zero-order valence-electron chi connectivity index (χ0n) is 12.6. The molecule has 0 aliphatic rings. The third-order valence-corrected chi connectivity index (χ3v) is 3.56. The van der Waals surface area contributed by atoms with Gasteiger partial charge in [-0.1, -0.05) is 66.2 Å². The van der Waals surface area contributed by atoms with E-state index in [2.05, 4.69) is 30.8 Å². The Kier molecular flexibility index (Phi) is 4.59. The van der Waals surface area contributed by atoms with Crippen molar-refractivity contribution in [1.82, 2.24) is 0 Å². The summed E-state index contributed by atoms with van der Waals surface area (Å²) in [7, 11) is 1.53. The number of allylic oxidation sites excluding steroid dienone is 1. The van der Waals surface area contributed by atoms with Crippen molar-refractivity contribution >= 4 is 6.21 Å². The highest BCUT2D eigenvalue weighted by molar-refractivity contribution is 5.76. The first kappa shape index (κ1) is 15.0. The molecule has 0 aromatic heterocycles. The van der Waals surface area contributed by atoms with Crippen LogP contribution in [0.3, 0.4) is 0 Å². The van der Waals surface area contributed by atoms with E-state index in [9.17, 15) is 5.21 Å². The Bertz CT molecular complexity index is 586. The van der Waals surface area contributed by atoms with Crippen molar-refractivity contribution in [3.63, 3.8) is 0 Å². The highest BCUT2D eigenvalue weighted by atomic mass is 16.5. The van der Waals surface area contributed by atoms with Gasteiger partial charge in [-0.15, -0.1) is 6.58 Å². The maximum Gasteiger partial charge on any atom is 0.166 e. The molecule has 0 saturated heterocycles. The largest absolute Gasteiger partial charge is 0.624 e. The highest BCUT2D eigenvalue weighted by Gasteiger charge is 2.35. The highest BCUT2D eigenvalue weighted by Crippen LogP contribution is 2.36. The van der Waals surface area contributed by atoms with Crippen LogP contribution in [0.25, 0.3) is 0 Å². The second-order valence-corrected chi connectivity index (χ2v) is 5.51. The summed E-state index contributed by atoms with van der Waals surface area (Å²) in [6, 6.07) is 20.3. The molecule has 0 unspecified atom stereocenters. The number of hydrogen-bond acceptors (Lipinski definition) is 1. The van der Waals surface area contributed by atoms with Gasteiger partial charge in [-0.3, -0.25) is 0 Å². The van der Waals surface area contributed by atoms with Gasteiger partial charge >= 0.3 is 0 Å². The van der Waals surface area contributed by atoms with Gasteiger partial charge in [-0.25, -0.2) is 4.74 Å². The Labute approximate surface area is 126 Å². The average molecular weight is 279 g/mol. The fourth-order valence-corrected chi connectivity index (χ4v) is 2.82. The van der Waals surface area contributed by atoms with E-state index < -0.39 is 5.41 Å². The molecule has 0 amide bonds. The molecule has 0 aliphatic carbocycles. The van der Waals surface area contributed by atoms with Crippen LogP contribution in [-0.4, -0.2) is 18.0 Å². The summed E-state index contributed by atoms with van der Waals surface area (Å²) in [6.45, 7) is 6.06. The quantitative estimate of drug-likeness (QED) is 0.265. The smallest absolute Gasteiger partial charge is 0.166 e. The van der Waals surface area contributed by atoms with Crippen molar-refractivity contribution in [3.05, 3.63) is 89.1 Å². The minimum Gasteiger partial charge on any atom is -0.624 e. The number of hydrogen-bond donors (Lipinski definition) is 0. The summed E-state index contributed by atoms with van der Waals surface area (Å²) in [6.07, 6.45) is 2.44. The Morgan fingerprint density at radius 1 is 1.05 bits per heavy atom. The Morgan fingerprint density at radius 2 is 1.48 bits per heavy atom. The molecule has 2 aromatic carbocycles. The van der Waals surface area contributed by atoms with Crippen LogP contribution in [0, 0.1) is 5.21 Å². The Morgan fingerprint density at radius 3 is 1.81 bits per heavy atom. The normalized spacial score (nSPS) is 12.2. The predicted molar refractivity (Wildman–Crippen MR) is 88.7 cm³/mol. The first-order chi connectivity index (χ1) is 10.0. The molecule has 2 heteroatoms. The van der Waals surface area contributed by atoms with Crippen molar-refractivity contribution in [2.75, 3.05) is 7.05 Å². The van der Waals surface area contributed by atoms with Crippen LogP contribution in [-0.2, 0) is 5.41 Å². The lowest BCUT2D eigenvalue weighted by Gasteiger charge is -2.30. The molecule has 21 heavy (non-hydrogen) atoms. The van der Waals surface area contributed by atoms with Gasteiger partial charge in [0.15, 0.2) is 6.21 Å². The van der Waals surface area contributed by atoms with Gasteiger partial charge in [0.1, 0.15) is 12.5 Å². The third kappa shape index (κ3) is 3.40. The number of benzene rings is 2. The van der Waals surface area contributed by atoms with Crippen LogP contribution in [0.4, 0.5) is 0 Å². The van der Waals surface area contributed by atoms with E-state index in [4.69, 9.17) is 0 Å². The second kappa shape index (κ2) is 6.40. The summed E-state index contributed by atoms with van der Waals surface area (Å²) in [5.41, 5.74) is 2.76. The molecule has 0 spiro atoms. The number of rotatable bonds is 5. The number of nitrogens with zero attached hydrogens (tertiary/aromatic N) is 1. The molecule has 2 rings (SSSR count). The fourth-order valence-electron chi connectivity index (χ4n) is 2.82. The van der Waals surface area contributed by atoms with Crippen molar-refractivity contribution in [2.45, 2.75) is 18.8 Å². The van der Waals surface area contributed by atoms with Gasteiger partial charge in [-0.2, -0.15) is 0 Å². The van der Waals surface area contributed by atoms with Crippen molar-refractivity contribution in [3.8, 4) is 0 Å². The summed E-state index contributed by atoms with van der Waals surface area (Å²) < 4.78 is 0.892. The molecule has 108 valence electrons. The van der Waals surface area contributed by atoms with Gasteiger partial charge in [-0.05, 0) is 24.5 Å². The first-order valence-electron chi connectivity index (χ1n) is 7.06. The molecule has 0 bridgehead atoms. The molecule has 0 heterocycles. The van der Waals surface area contributed by atoms with Crippen LogP contribution < -0.4 is 0 Å². The minimum absolute atomic E-state index is 0.481. The van der Waals surface area contributed by atoms with Crippen LogP contribution in [0.1, 0.15) is 24.5 Å². The standard InChI is InChI=1S/C19H21NO/c1-16(2)14-19(15-20(3)21,17-10-6-4-7-11-17)18-12-8-5-9-13-18/h4-13,15H,1,14H2,2-3H3/b20-15+. The lowest BCUT2D eigenvalue weighted by Crippen LogP contribution is -2.33. The summed E-state index contributed by atoms with van der Waals surface area (Å²) >= 11 is 0. The van der Waals surface area contributed by atoms with E-state index in [1.54, 1.807) is 6.21 Å². The van der Waals surface area contributed by atoms with Crippen molar-refractivity contribution < 1.29 is 4.74 Å². The molecule has 0 saturated carbocycles. The predicted octanol–water partition coefficient (Wildman–Crippen LogP) is 4.15. The van der Waals surface area contributed by atoms with Gasteiger partial charge in [0, 0.05) is 0 Å². The van der Waals surface area contributed by atoms with Crippen LogP contribution >= 0.6 is 0 Å². The van der Waals surface area contributed by atoms with E-state index in [1.165, 1.54) is 7.05 Å². The SMILES string of the molecule is C=C(C)CC(/C=[N+](\C)[O-])(c1ccccc1)c1ccccc1. The zero-order valence-corrected chi connectivity index (χ0v) is 12.6. The van der Waals surface area contributed by atoms with Crippen LogP contribution in [0.15, 0.2) is 72.8 Å². The molecule has 2 nitrogen and oxygen atoms in total. The maximum atomic E-state index is 11.8. The Hall–Kier alpha value is -2.35.